The van der Waals surface area contributed by atoms with E-state index in [1.807, 2.05) is 0 Å². The minimum atomic E-state index is -0.267. The zero-order valence-corrected chi connectivity index (χ0v) is 8.57. The maximum atomic E-state index is 12.6. The monoisotopic (exact) mass is 241 g/mol. The van der Waals surface area contributed by atoms with Crippen molar-refractivity contribution in [3.8, 4) is 11.8 Å². The van der Waals surface area contributed by atoms with Crippen molar-refractivity contribution in [1.29, 1.82) is 0 Å². The smallest absolute Gasteiger partial charge is 0.124 e. The summed E-state index contributed by atoms with van der Waals surface area (Å²) in [6, 6.07) is 4.42. The number of hydrogen-bond acceptors (Lipinski definition) is 1. The Kier molecular flexibility index (Phi) is 3.94. The van der Waals surface area contributed by atoms with E-state index in [0.717, 1.165) is 5.56 Å². The van der Waals surface area contributed by atoms with E-state index in [2.05, 4.69) is 27.8 Å². The molecule has 13 heavy (non-hydrogen) atoms. The summed E-state index contributed by atoms with van der Waals surface area (Å²) in [6.07, 6.45) is 0.657. The van der Waals surface area contributed by atoms with E-state index in [1.165, 1.54) is 12.1 Å². The topological polar surface area (TPSA) is 26.0 Å². The molecule has 3 heteroatoms. The fraction of sp³-hybridized carbons (Fsp3) is 0.200. The van der Waals surface area contributed by atoms with Crippen LogP contribution in [0.5, 0.6) is 0 Å². The average Bonchev–Trinajstić information content (AvgIpc) is 2.09. The summed E-state index contributed by atoms with van der Waals surface area (Å²) in [4.78, 5) is 0. The maximum Gasteiger partial charge on any atom is 0.124 e. The van der Waals surface area contributed by atoms with Crippen LogP contribution in [0.4, 0.5) is 4.39 Å². The third kappa shape index (κ3) is 3.17. The summed E-state index contributed by atoms with van der Waals surface area (Å²) in [5.74, 6) is 5.51. The summed E-state index contributed by atoms with van der Waals surface area (Å²) < 4.78 is 13.3. The highest BCUT2D eigenvalue weighted by atomic mass is 79.9. The van der Waals surface area contributed by atoms with Gasteiger partial charge in [0.05, 0.1) is 0 Å². The lowest BCUT2D eigenvalue weighted by molar-refractivity contribution is 0.627. The zero-order valence-electron chi connectivity index (χ0n) is 6.98. The van der Waals surface area contributed by atoms with Crippen LogP contribution in [0, 0.1) is 17.7 Å². The lowest BCUT2D eigenvalue weighted by Gasteiger charge is -1.94. The molecule has 0 radical (unpaired) electrons. The van der Waals surface area contributed by atoms with Crippen LogP contribution in [0.2, 0.25) is 0 Å². The van der Waals surface area contributed by atoms with E-state index in [0.29, 0.717) is 17.4 Å². The quantitative estimate of drug-likeness (QED) is 0.751. The molecule has 0 aliphatic heterocycles. The molecule has 1 rings (SSSR count). The van der Waals surface area contributed by atoms with Gasteiger partial charge in [0.2, 0.25) is 0 Å². The number of halogens is 2. The second kappa shape index (κ2) is 5.00. The molecule has 0 aliphatic carbocycles. The van der Waals surface area contributed by atoms with Crippen LogP contribution < -0.4 is 5.73 Å². The third-order valence-electron chi connectivity index (χ3n) is 1.42. The first-order valence-corrected chi connectivity index (χ1v) is 4.67. The van der Waals surface area contributed by atoms with E-state index in [1.54, 1.807) is 6.07 Å². The van der Waals surface area contributed by atoms with Gasteiger partial charge in [-0.1, -0.05) is 11.8 Å². The Morgan fingerprint density at radius 1 is 1.46 bits per heavy atom. The molecule has 0 atom stereocenters. The van der Waals surface area contributed by atoms with E-state index in [-0.39, 0.29) is 5.82 Å². The van der Waals surface area contributed by atoms with Crippen LogP contribution in [0.1, 0.15) is 12.0 Å². The molecule has 0 saturated carbocycles. The van der Waals surface area contributed by atoms with Crippen molar-refractivity contribution in [2.75, 3.05) is 6.54 Å². The predicted octanol–water partition coefficient (Wildman–Crippen LogP) is 2.29. The van der Waals surface area contributed by atoms with Crippen LogP contribution in [-0.4, -0.2) is 6.54 Å². The average molecular weight is 242 g/mol. The van der Waals surface area contributed by atoms with Crippen LogP contribution in [0.25, 0.3) is 0 Å². The molecule has 0 amide bonds. The van der Waals surface area contributed by atoms with Crippen LogP contribution in [-0.2, 0) is 0 Å². The number of rotatable bonds is 1. The SMILES string of the molecule is NCCC#Cc1ccc(F)cc1Br. The van der Waals surface area contributed by atoms with Gasteiger partial charge in [0, 0.05) is 23.0 Å². The first kappa shape index (κ1) is 10.2. The van der Waals surface area contributed by atoms with Gasteiger partial charge in [-0.3, -0.25) is 0 Å². The Labute approximate surface area is 85.3 Å². The van der Waals surface area contributed by atoms with Crippen molar-refractivity contribution < 1.29 is 4.39 Å². The Hall–Kier alpha value is -0.850. The molecule has 0 bridgehead atoms. The summed E-state index contributed by atoms with van der Waals surface area (Å²) in [7, 11) is 0. The Morgan fingerprint density at radius 2 is 2.23 bits per heavy atom. The molecule has 0 unspecified atom stereocenters. The summed E-state index contributed by atoms with van der Waals surface area (Å²) in [6.45, 7) is 0.547. The summed E-state index contributed by atoms with van der Waals surface area (Å²) >= 11 is 3.23. The Balaban J connectivity index is 2.85. The van der Waals surface area contributed by atoms with Gasteiger partial charge in [-0.25, -0.2) is 4.39 Å². The molecule has 1 nitrogen and oxygen atoms in total. The standard InChI is InChI=1S/C10H9BrFN/c11-10-7-9(12)5-4-8(10)3-1-2-6-13/h4-5,7H,2,6,13H2. The van der Waals surface area contributed by atoms with Crippen LogP contribution >= 0.6 is 15.9 Å². The van der Waals surface area contributed by atoms with Crippen molar-refractivity contribution in [3.05, 3.63) is 34.1 Å². The largest absolute Gasteiger partial charge is 0.330 e. The van der Waals surface area contributed by atoms with Gasteiger partial charge in [0.15, 0.2) is 0 Å². The molecule has 1 aromatic carbocycles. The molecule has 1 aromatic rings. The van der Waals surface area contributed by atoms with E-state index in [4.69, 9.17) is 5.73 Å². The van der Waals surface area contributed by atoms with E-state index < -0.39 is 0 Å². The van der Waals surface area contributed by atoms with Gasteiger partial charge in [-0.05, 0) is 34.1 Å². The van der Waals surface area contributed by atoms with Crippen LogP contribution in [0.3, 0.4) is 0 Å². The van der Waals surface area contributed by atoms with Gasteiger partial charge in [0.1, 0.15) is 5.82 Å². The second-order valence-corrected chi connectivity index (χ2v) is 3.32. The molecule has 0 fully saturated rings. The van der Waals surface area contributed by atoms with Crippen molar-refractivity contribution in [2.45, 2.75) is 6.42 Å². The van der Waals surface area contributed by atoms with Gasteiger partial charge in [0.25, 0.3) is 0 Å². The van der Waals surface area contributed by atoms with Crippen molar-refractivity contribution in [3.63, 3.8) is 0 Å². The molecular weight excluding hydrogens is 233 g/mol. The summed E-state index contributed by atoms with van der Waals surface area (Å²) in [5.41, 5.74) is 6.07. The first-order valence-electron chi connectivity index (χ1n) is 3.88. The molecule has 0 spiro atoms. The third-order valence-corrected chi connectivity index (χ3v) is 2.08. The lowest BCUT2D eigenvalue weighted by atomic mass is 10.2. The molecular formula is C10H9BrFN. The van der Waals surface area contributed by atoms with Crippen LogP contribution in [0.15, 0.2) is 22.7 Å². The predicted molar refractivity (Wildman–Crippen MR) is 54.6 cm³/mol. The molecule has 0 aliphatic rings. The number of nitrogens with two attached hydrogens (primary N) is 1. The molecule has 0 aromatic heterocycles. The molecule has 0 saturated heterocycles. The second-order valence-electron chi connectivity index (χ2n) is 2.46. The van der Waals surface area contributed by atoms with E-state index >= 15 is 0 Å². The maximum absolute atomic E-state index is 12.6. The normalized spacial score (nSPS) is 9.15. The van der Waals surface area contributed by atoms with Crippen molar-refractivity contribution in [1.82, 2.24) is 0 Å². The highest BCUT2D eigenvalue weighted by Gasteiger charge is 1.96. The fourth-order valence-corrected chi connectivity index (χ4v) is 1.27. The molecule has 0 heterocycles. The summed E-state index contributed by atoms with van der Waals surface area (Å²) in [5, 5.41) is 0. The fourth-order valence-electron chi connectivity index (χ4n) is 0.821. The lowest BCUT2D eigenvalue weighted by Crippen LogP contribution is -1.95. The van der Waals surface area contributed by atoms with Crippen molar-refractivity contribution >= 4 is 15.9 Å². The molecule has 68 valence electrons. The van der Waals surface area contributed by atoms with Gasteiger partial charge in [-0.15, -0.1) is 0 Å². The van der Waals surface area contributed by atoms with Gasteiger partial charge < -0.3 is 5.73 Å². The number of benzene rings is 1. The number of hydrogen-bond donors (Lipinski definition) is 1. The molecule has 2 N–H and O–H groups in total. The van der Waals surface area contributed by atoms with Gasteiger partial charge in [-0.2, -0.15) is 0 Å². The Morgan fingerprint density at radius 3 is 2.85 bits per heavy atom. The first-order chi connectivity index (χ1) is 6.24. The van der Waals surface area contributed by atoms with Gasteiger partial charge >= 0.3 is 0 Å². The highest BCUT2D eigenvalue weighted by Crippen LogP contribution is 2.16. The Bertz CT molecular complexity index is 352. The highest BCUT2D eigenvalue weighted by molar-refractivity contribution is 9.10. The van der Waals surface area contributed by atoms with Crippen molar-refractivity contribution in [2.24, 2.45) is 5.73 Å². The minimum absolute atomic E-state index is 0.267. The minimum Gasteiger partial charge on any atom is -0.330 e. The zero-order chi connectivity index (χ0) is 9.68. The van der Waals surface area contributed by atoms with E-state index in [9.17, 15) is 4.39 Å².